The smallest absolute Gasteiger partial charge is 0.120 e. The molecule has 0 spiro atoms. The molecule has 0 saturated heterocycles. The lowest BCUT2D eigenvalue weighted by Gasteiger charge is -2.14. The summed E-state index contributed by atoms with van der Waals surface area (Å²) in [6, 6.07) is 5.65. The van der Waals surface area contributed by atoms with Crippen LogP contribution in [0.4, 0.5) is 0 Å². The molecule has 3 heteroatoms. The highest BCUT2D eigenvalue weighted by Gasteiger charge is 2.08. The summed E-state index contributed by atoms with van der Waals surface area (Å²) >= 11 is 3.38. The molecule has 13 heavy (non-hydrogen) atoms. The van der Waals surface area contributed by atoms with Crippen molar-refractivity contribution in [1.29, 1.82) is 0 Å². The first-order chi connectivity index (χ1) is 6.15. The van der Waals surface area contributed by atoms with Crippen LogP contribution in [0.3, 0.4) is 0 Å². The lowest BCUT2D eigenvalue weighted by Crippen LogP contribution is -2.17. The molecule has 0 aliphatic carbocycles. The topological polar surface area (TPSA) is 32.3 Å². The van der Waals surface area contributed by atoms with Crippen molar-refractivity contribution in [2.45, 2.75) is 19.9 Å². The van der Waals surface area contributed by atoms with Gasteiger partial charge in [-0.05, 0) is 31.7 Å². The van der Waals surface area contributed by atoms with E-state index in [1.54, 1.807) is 6.07 Å². The minimum absolute atomic E-state index is 0.183. The van der Waals surface area contributed by atoms with Gasteiger partial charge in [0.05, 0.1) is 0 Å². The fourth-order valence-corrected chi connectivity index (χ4v) is 1.67. The van der Waals surface area contributed by atoms with Crippen LogP contribution in [-0.4, -0.2) is 11.7 Å². The summed E-state index contributed by atoms with van der Waals surface area (Å²) in [5.41, 5.74) is 0.927. The zero-order chi connectivity index (χ0) is 9.84. The Balaban J connectivity index is 2.91. The van der Waals surface area contributed by atoms with Crippen molar-refractivity contribution >= 4 is 15.9 Å². The monoisotopic (exact) mass is 243 g/mol. The van der Waals surface area contributed by atoms with Crippen molar-refractivity contribution in [3.05, 3.63) is 28.2 Å². The van der Waals surface area contributed by atoms with Crippen molar-refractivity contribution in [3.8, 4) is 5.75 Å². The summed E-state index contributed by atoms with van der Waals surface area (Å²) < 4.78 is 0.991. The summed E-state index contributed by atoms with van der Waals surface area (Å²) in [5.74, 6) is 0.344. The molecule has 0 amide bonds. The van der Waals surface area contributed by atoms with E-state index in [0.717, 1.165) is 16.6 Å². The Hall–Kier alpha value is -0.540. The molecule has 1 aromatic carbocycles. The first kappa shape index (κ1) is 10.5. The van der Waals surface area contributed by atoms with Gasteiger partial charge in [0.2, 0.25) is 0 Å². The number of hydrogen-bond donors (Lipinski definition) is 2. The molecule has 1 atom stereocenters. The van der Waals surface area contributed by atoms with Crippen molar-refractivity contribution in [2.24, 2.45) is 0 Å². The van der Waals surface area contributed by atoms with Crippen LogP contribution in [0.25, 0.3) is 0 Å². The van der Waals surface area contributed by atoms with Gasteiger partial charge in [-0.1, -0.05) is 22.9 Å². The van der Waals surface area contributed by atoms with Crippen LogP contribution in [0.1, 0.15) is 25.5 Å². The quantitative estimate of drug-likeness (QED) is 0.856. The second-order valence-corrected chi connectivity index (χ2v) is 3.90. The van der Waals surface area contributed by atoms with E-state index >= 15 is 0 Å². The van der Waals surface area contributed by atoms with Crippen LogP contribution in [0.5, 0.6) is 5.75 Å². The highest BCUT2D eigenvalue weighted by molar-refractivity contribution is 9.10. The molecule has 0 fully saturated rings. The van der Waals surface area contributed by atoms with E-state index in [9.17, 15) is 5.11 Å². The van der Waals surface area contributed by atoms with Gasteiger partial charge in [-0.2, -0.15) is 0 Å². The molecule has 1 aromatic rings. The molecule has 1 rings (SSSR count). The van der Waals surface area contributed by atoms with Crippen LogP contribution >= 0.6 is 15.9 Å². The zero-order valence-corrected chi connectivity index (χ0v) is 9.43. The van der Waals surface area contributed by atoms with E-state index in [1.807, 2.05) is 26.0 Å². The van der Waals surface area contributed by atoms with E-state index in [4.69, 9.17) is 0 Å². The average molecular weight is 244 g/mol. The minimum atomic E-state index is 0.183. The van der Waals surface area contributed by atoms with Crippen LogP contribution in [0, 0.1) is 0 Å². The molecule has 1 unspecified atom stereocenters. The van der Waals surface area contributed by atoms with Crippen LogP contribution < -0.4 is 5.32 Å². The largest absolute Gasteiger partial charge is 0.508 e. The third-order valence-corrected chi connectivity index (χ3v) is 2.46. The molecule has 72 valence electrons. The Labute approximate surface area is 87.1 Å². The summed E-state index contributed by atoms with van der Waals surface area (Å²) in [5, 5.41) is 12.8. The van der Waals surface area contributed by atoms with E-state index in [-0.39, 0.29) is 6.04 Å². The molecular formula is C10H14BrNO. The molecule has 0 saturated carbocycles. The van der Waals surface area contributed by atoms with Crippen molar-refractivity contribution in [2.75, 3.05) is 6.54 Å². The Bertz CT molecular complexity index is 288. The summed E-state index contributed by atoms with van der Waals surface area (Å²) in [4.78, 5) is 0. The second kappa shape index (κ2) is 4.63. The van der Waals surface area contributed by atoms with E-state index in [1.165, 1.54) is 0 Å². The van der Waals surface area contributed by atoms with Gasteiger partial charge in [-0.25, -0.2) is 0 Å². The van der Waals surface area contributed by atoms with Gasteiger partial charge in [-0.3, -0.25) is 0 Å². The zero-order valence-electron chi connectivity index (χ0n) is 7.84. The number of nitrogens with one attached hydrogen (secondary N) is 1. The first-order valence-corrected chi connectivity index (χ1v) is 5.16. The molecule has 0 aliphatic heterocycles. The maximum absolute atomic E-state index is 9.57. The molecule has 0 aliphatic rings. The van der Waals surface area contributed by atoms with Gasteiger partial charge in [-0.15, -0.1) is 0 Å². The predicted molar refractivity (Wildman–Crippen MR) is 57.9 cm³/mol. The fraction of sp³-hybridized carbons (Fsp3) is 0.400. The van der Waals surface area contributed by atoms with Gasteiger partial charge in [0.25, 0.3) is 0 Å². The molecule has 2 nitrogen and oxygen atoms in total. The molecule has 2 N–H and O–H groups in total. The highest BCUT2D eigenvalue weighted by atomic mass is 79.9. The number of phenolic OH excluding ortho intramolecular Hbond substituents is 1. The third-order valence-electron chi connectivity index (χ3n) is 1.97. The standard InChI is InChI=1S/C10H14BrNO/c1-3-12-7(2)9-6-8(11)4-5-10(9)13/h4-7,12-13H,3H2,1-2H3. The summed E-state index contributed by atoms with van der Waals surface area (Å²) in [7, 11) is 0. The number of hydrogen-bond acceptors (Lipinski definition) is 2. The normalized spacial score (nSPS) is 12.8. The van der Waals surface area contributed by atoms with Crippen LogP contribution in [-0.2, 0) is 0 Å². The Morgan fingerprint density at radius 2 is 2.23 bits per heavy atom. The third kappa shape index (κ3) is 2.71. The fourth-order valence-electron chi connectivity index (χ4n) is 1.29. The van der Waals surface area contributed by atoms with E-state index in [2.05, 4.69) is 21.2 Å². The molecule has 0 bridgehead atoms. The minimum Gasteiger partial charge on any atom is -0.508 e. The summed E-state index contributed by atoms with van der Waals surface area (Å²) in [6.45, 7) is 4.98. The van der Waals surface area contributed by atoms with Crippen molar-refractivity contribution in [3.63, 3.8) is 0 Å². The molecule has 0 heterocycles. The van der Waals surface area contributed by atoms with Gasteiger partial charge in [0.1, 0.15) is 5.75 Å². The van der Waals surface area contributed by atoms with Crippen molar-refractivity contribution in [1.82, 2.24) is 5.32 Å². The molecule has 0 aromatic heterocycles. The lowest BCUT2D eigenvalue weighted by molar-refractivity contribution is 0.454. The maximum Gasteiger partial charge on any atom is 0.120 e. The van der Waals surface area contributed by atoms with Crippen LogP contribution in [0.2, 0.25) is 0 Å². The van der Waals surface area contributed by atoms with Gasteiger partial charge >= 0.3 is 0 Å². The first-order valence-electron chi connectivity index (χ1n) is 4.37. The number of halogens is 1. The van der Waals surface area contributed by atoms with Gasteiger partial charge < -0.3 is 10.4 Å². The SMILES string of the molecule is CCNC(C)c1cc(Br)ccc1O. The van der Waals surface area contributed by atoms with Crippen molar-refractivity contribution < 1.29 is 5.11 Å². The molecular weight excluding hydrogens is 230 g/mol. The van der Waals surface area contributed by atoms with E-state index in [0.29, 0.717) is 5.75 Å². The predicted octanol–water partition coefficient (Wildman–Crippen LogP) is 2.83. The highest BCUT2D eigenvalue weighted by Crippen LogP contribution is 2.27. The van der Waals surface area contributed by atoms with Gasteiger partial charge in [0.15, 0.2) is 0 Å². The average Bonchev–Trinajstić information content (AvgIpc) is 2.09. The lowest BCUT2D eigenvalue weighted by atomic mass is 10.1. The Morgan fingerprint density at radius 3 is 2.85 bits per heavy atom. The van der Waals surface area contributed by atoms with E-state index < -0.39 is 0 Å². The number of phenols is 1. The van der Waals surface area contributed by atoms with Gasteiger partial charge in [0, 0.05) is 16.1 Å². The second-order valence-electron chi connectivity index (χ2n) is 2.98. The molecule has 0 radical (unpaired) electrons. The number of benzene rings is 1. The Kier molecular flexibility index (Phi) is 3.75. The summed E-state index contributed by atoms with van der Waals surface area (Å²) in [6.07, 6.45) is 0. The number of aromatic hydroxyl groups is 1. The maximum atomic E-state index is 9.57. The van der Waals surface area contributed by atoms with Crippen LogP contribution in [0.15, 0.2) is 22.7 Å². The number of rotatable bonds is 3. The Morgan fingerprint density at radius 1 is 1.54 bits per heavy atom.